The maximum absolute atomic E-state index is 12.2. The van der Waals surface area contributed by atoms with Gasteiger partial charge in [0.15, 0.2) is 5.75 Å². The summed E-state index contributed by atoms with van der Waals surface area (Å²) in [6.07, 6.45) is 8.11. The van der Waals surface area contributed by atoms with Gasteiger partial charge in [-0.3, -0.25) is 4.79 Å². The van der Waals surface area contributed by atoms with E-state index in [0.29, 0.717) is 5.75 Å². The SMILES string of the molecule is C#CC(C)(C)n1cc(Oc2ccccc2)c(=O)c(C(=O)O)c1. The third-order valence-corrected chi connectivity index (χ3v) is 3.19. The fourth-order valence-corrected chi connectivity index (χ4v) is 1.79. The number of hydrogen-bond acceptors (Lipinski definition) is 3. The van der Waals surface area contributed by atoms with Gasteiger partial charge < -0.3 is 14.4 Å². The molecule has 0 unspecified atom stereocenters. The van der Waals surface area contributed by atoms with Crippen molar-refractivity contribution in [3.05, 3.63) is 58.5 Å². The summed E-state index contributed by atoms with van der Waals surface area (Å²) in [7, 11) is 0. The molecular weight excluding hydrogens is 282 g/mol. The van der Waals surface area contributed by atoms with Crippen molar-refractivity contribution in [3.8, 4) is 23.8 Å². The van der Waals surface area contributed by atoms with E-state index >= 15 is 0 Å². The first kappa shape index (κ1) is 15.4. The monoisotopic (exact) mass is 297 g/mol. The van der Waals surface area contributed by atoms with E-state index in [9.17, 15) is 14.7 Å². The van der Waals surface area contributed by atoms with Gasteiger partial charge in [-0.2, -0.15) is 0 Å². The number of benzene rings is 1. The lowest BCUT2D eigenvalue weighted by molar-refractivity contribution is 0.0693. The van der Waals surface area contributed by atoms with E-state index in [-0.39, 0.29) is 5.75 Å². The zero-order valence-corrected chi connectivity index (χ0v) is 12.2. The highest BCUT2D eigenvalue weighted by atomic mass is 16.5. The van der Waals surface area contributed by atoms with Crippen LogP contribution in [0.25, 0.3) is 0 Å². The summed E-state index contributed by atoms with van der Waals surface area (Å²) in [5.41, 5.74) is -1.88. The third-order valence-electron chi connectivity index (χ3n) is 3.19. The predicted molar refractivity (Wildman–Crippen MR) is 82.3 cm³/mol. The lowest BCUT2D eigenvalue weighted by Gasteiger charge is -2.23. The molecule has 0 saturated heterocycles. The topological polar surface area (TPSA) is 68.5 Å². The highest BCUT2D eigenvalue weighted by Gasteiger charge is 2.22. The second-order valence-corrected chi connectivity index (χ2v) is 5.20. The molecule has 0 spiro atoms. The predicted octanol–water partition coefficient (Wildman–Crippen LogP) is 2.71. The number of aromatic nitrogens is 1. The first-order chi connectivity index (χ1) is 10.3. The van der Waals surface area contributed by atoms with E-state index in [4.69, 9.17) is 11.2 Å². The van der Waals surface area contributed by atoms with Crippen LogP contribution in [0.1, 0.15) is 24.2 Å². The number of carboxylic acid groups (broad SMARTS) is 1. The fourth-order valence-electron chi connectivity index (χ4n) is 1.79. The lowest BCUT2D eigenvalue weighted by atomic mass is 10.1. The molecule has 5 nitrogen and oxygen atoms in total. The fraction of sp³-hybridized carbons (Fsp3) is 0.176. The molecule has 0 amide bonds. The van der Waals surface area contributed by atoms with Gasteiger partial charge in [0.05, 0.1) is 11.7 Å². The Morgan fingerprint density at radius 2 is 1.91 bits per heavy atom. The number of terminal acetylenes is 1. The molecule has 0 atom stereocenters. The van der Waals surface area contributed by atoms with E-state index in [2.05, 4.69) is 5.92 Å². The van der Waals surface area contributed by atoms with Crippen molar-refractivity contribution in [2.75, 3.05) is 0 Å². The van der Waals surface area contributed by atoms with Gasteiger partial charge in [-0.15, -0.1) is 6.42 Å². The van der Waals surface area contributed by atoms with Crippen LogP contribution in [0.3, 0.4) is 0 Å². The molecule has 2 aromatic rings. The molecular formula is C17H15NO4. The highest BCUT2D eigenvalue weighted by molar-refractivity contribution is 5.87. The van der Waals surface area contributed by atoms with Gasteiger partial charge in [-0.1, -0.05) is 24.1 Å². The highest BCUT2D eigenvalue weighted by Crippen LogP contribution is 2.21. The molecule has 0 saturated carbocycles. The van der Waals surface area contributed by atoms with E-state index < -0.39 is 22.5 Å². The Morgan fingerprint density at radius 3 is 2.45 bits per heavy atom. The zero-order chi connectivity index (χ0) is 16.3. The van der Waals surface area contributed by atoms with Gasteiger partial charge in [-0.05, 0) is 26.0 Å². The Hall–Kier alpha value is -3.00. The summed E-state index contributed by atoms with van der Waals surface area (Å²) in [6.45, 7) is 3.46. The molecule has 0 bridgehead atoms. The third kappa shape index (κ3) is 3.01. The molecule has 22 heavy (non-hydrogen) atoms. The van der Waals surface area contributed by atoms with Gasteiger partial charge in [0, 0.05) is 6.20 Å². The number of hydrogen-bond donors (Lipinski definition) is 1. The van der Waals surface area contributed by atoms with Crippen LogP contribution in [0.2, 0.25) is 0 Å². The molecule has 1 aromatic carbocycles. The van der Waals surface area contributed by atoms with Crippen LogP contribution in [0.15, 0.2) is 47.5 Å². The minimum absolute atomic E-state index is 0.0885. The van der Waals surface area contributed by atoms with Crippen LogP contribution in [0.5, 0.6) is 11.5 Å². The van der Waals surface area contributed by atoms with E-state index in [1.807, 2.05) is 0 Å². The number of carbonyl (C=O) groups is 1. The number of nitrogens with zero attached hydrogens (tertiary/aromatic N) is 1. The molecule has 0 fully saturated rings. The van der Waals surface area contributed by atoms with Crippen LogP contribution >= 0.6 is 0 Å². The maximum Gasteiger partial charge on any atom is 0.341 e. The van der Waals surface area contributed by atoms with Gasteiger partial charge in [-0.25, -0.2) is 4.79 Å². The lowest BCUT2D eigenvalue weighted by Crippen LogP contribution is -2.28. The molecule has 1 heterocycles. The van der Waals surface area contributed by atoms with Crippen molar-refractivity contribution in [3.63, 3.8) is 0 Å². The summed E-state index contributed by atoms with van der Waals surface area (Å²) in [5.74, 6) is 1.57. The number of aromatic carboxylic acids is 1. The molecule has 1 aromatic heterocycles. The number of carboxylic acids is 1. The van der Waals surface area contributed by atoms with E-state index in [0.717, 1.165) is 0 Å². The molecule has 5 heteroatoms. The summed E-state index contributed by atoms with van der Waals surface area (Å²) in [5, 5.41) is 9.20. The van der Waals surface area contributed by atoms with Crippen LogP contribution in [0, 0.1) is 12.3 Å². The minimum atomic E-state index is -1.33. The van der Waals surface area contributed by atoms with Crippen molar-refractivity contribution < 1.29 is 14.6 Å². The Labute approximate surface area is 127 Å². The Kier molecular flexibility index (Phi) is 4.04. The molecule has 0 radical (unpaired) electrons. The number of ether oxygens (including phenoxy) is 1. The smallest absolute Gasteiger partial charge is 0.341 e. The van der Waals surface area contributed by atoms with Crippen molar-refractivity contribution in [1.82, 2.24) is 4.57 Å². The Balaban J connectivity index is 2.60. The zero-order valence-electron chi connectivity index (χ0n) is 12.2. The molecule has 2 rings (SSSR count). The van der Waals surface area contributed by atoms with Crippen molar-refractivity contribution in [2.24, 2.45) is 0 Å². The first-order valence-corrected chi connectivity index (χ1v) is 6.56. The van der Waals surface area contributed by atoms with Gasteiger partial charge in [0.1, 0.15) is 11.3 Å². The van der Waals surface area contributed by atoms with Crippen LogP contribution in [-0.2, 0) is 5.54 Å². The molecule has 0 aliphatic carbocycles. The van der Waals surface area contributed by atoms with Crippen LogP contribution < -0.4 is 10.2 Å². The van der Waals surface area contributed by atoms with Crippen LogP contribution in [0.4, 0.5) is 0 Å². The second kappa shape index (κ2) is 5.78. The summed E-state index contributed by atoms with van der Waals surface area (Å²) in [4.78, 5) is 23.5. The molecule has 1 N–H and O–H groups in total. The molecule has 0 aliphatic rings. The molecule has 0 aliphatic heterocycles. The van der Waals surface area contributed by atoms with Crippen LogP contribution in [-0.4, -0.2) is 15.6 Å². The standard InChI is InChI=1S/C17H15NO4/c1-4-17(2,3)18-10-13(16(20)21)15(19)14(11-18)22-12-8-6-5-7-9-12/h1,5-11H,2-3H3,(H,20,21). The van der Waals surface area contributed by atoms with E-state index in [1.54, 1.807) is 44.2 Å². The van der Waals surface area contributed by atoms with Crippen molar-refractivity contribution in [1.29, 1.82) is 0 Å². The normalized spacial score (nSPS) is 10.8. The molecule has 112 valence electrons. The summed E-state index contributed by atoms with van der Waals surface area (Å²) >= 11 is 0. The maximum atomic E-state index is 12.2. The van der Waals surface area contributed by atoms with Gasteiger partial charge in [0.2, 0.25) is 5.43 Å². The van der Waals surface area contributed by atoms with Gasteiger partial charge in [0.25, 0.3) is 0 Å². The largest absolute Gasteiger partial charge is 0.477 e. The number of rotatable bonds is 4. The van der Waals surface area contributed by atoms with Crippen molar-refractivity contribution >= 4 is 5.97 Å². The Morgan fingerprint density at radius 1 is 1.27 bits per heavy atom. The average molecular weight is 297 g/mol. The quantitative estimate of drug-likeness (QED) is 0.881. The average Bonchev–Trinajstić information content (AvgIpc) is 2.49. The van der Waals surface area contributed by atoms with Crippen molar-refractivity contribution in [2.45, 2.75) is 19.4 Å². The number of para-hydroxylation sites is 1. The second-order valence-electron chi connectivity index (χ2n) is 5.20. The summed E-state index contributed by atoms with van der Waals surface area (Å²) in [6, 6.07) is 8.65. The number of pyridine rings is 1. The Bertz CT molecular complexity index is 798. The minimum Gasteiger partial charge on any atom is -0.477 e. The van der Waals surface area contributed by atoms with Gasteiger partial charge >= 0.3 is 5.97 Å². The van der Waals surface area contributed by atoms with E-state index in [1.165, 1.54) is 17.0 Å². The summed E-state index contributed by atoms with van der Waals surface area (Å²) < 4.78 is 7.00. The first-order valence-electron chi connectivity index (χ1n) is 6.56.